The molecule has 0 bridgehead atoms. The van der Waals surface area contributed by atoms with Gasteiger partial charge in [-0.3, -0.25) is 9.69 Å². The van der Waals surface area contributed by atoms with E-state index < -0.39 is 0 Å². The van der Waals surface area contributed by atoms with Gasteiger partial charge in [0.2, 0.25) is 0 Å². The first-order valence-electron chi connectivity index (χ1n) is 11.0. The number of nitrogens with one attached hydrogen (secondary N) is 1. The van der Waals surface area contributed by atoms with Crippen LogP contribution < -0.4 is 10.1 Å². The number of rotatable bonds is 8. The van der Waals surface area contributed by atoms with E-state index in [9.17, 15) is 9.18 Å². The highest BCUT2D eigenvalue weighted by molar-refractivity contribution is 5.94. The fourth-order valence-corrected chi connectivity index (χ4v) is 3.91. The number of carbonyl (C=O) groups is 1. The van der Waals surface area contributed by atoms with Crippen LogP contribution in [0.1, 0.15) is 39.0 Å². The molecule has 0 radical (unpaired) electrons. The molecule has 1 aromatic heterocycles. The van der Waals surface area contributed by atoms with Crippen molar-refractivity contribution in [3.8, 4) is 5.75 Å². The van der Waals surface area contributed by atoms with Gasteiger partial charge in [0.15, 0.2) is 0 Å². The molecule has 2 heterocycles. The molecule has 0 saturated carbocycles. The monoisotopic (exact) mass is 453 g/mol. The predicted octanol–water partition coefficient (Wildman–Crippen LogP) is 3.81. The third kappa shape index (κ3) is 5.77. The van der Waals surface area contributed by atoms with Crippen LogP contribution in [0.5, 0.6) is 5.75 Å². The topological polar surface area (TPSA) is 76.8 Å². The molecule has 1 aliphatic heterocycles. The average molecular weight is 454 g/mol. The SMILES string of the molecule is Cc1noc(C)c1COc1cccc(C(=O)NCC(c2ccc(F)cc2)N2CCOCC2)c1. The second-order valence-corrected chi connectivity index (χ2v) is 8.04. The highest BCUT2D eigenvalue weighted by Crippen LogP contribution is 2.23. The molecule has 7 nitrogen and oxygen atoms in total. The van der Waals surface area contributed by atoms with E-state index in [-0.39, 0.29) is 17.8 Å². The molecule has 1 N–H and O–H groups in total. The molecule has 2 aromatic carbocycles. The second kappa shape index (κ2) is 10.6. The lowest BCUT2D eigenvalue weighted by atomic mass is 10.0. The zero-order valence-corrected chi connectivity index (χ0v) is 18.8. The Morgan fingerprint density at radius 2 is 1.94 bits per heavy atom. The zero-order valence-electron chi connectivity index (χ0n) is 18.8. The molecule has 3 aromatic rings. The summed E-state index contributed by atoms with van der Waals surface area (Å²) in [6.45, 7) is 7.20. The van der Waals surface area contributed by atoms with E-state index in [4.69, 9.17) is 14.0 Å². The molecule has 174 valence electrons. The van der Waals surface area contributed by atoms with Crippen molar-refractivity contribution < 1.29 is 23.2 Å². The van der Waals surface area contributed by atoms with Gasteiger partial charge < -0.3 is 19.3 Å². The molecule has 1 aliphatic rings. The number of halogens is 1. The van der Waals surface area contributed by atoms with Crippen LogP contribution >= 0.6 is 0 Å². The summed E-state index contributed by atoms with van der Waals surface area (Å²) in [6, 6.07) is 13.4. The van der Waals surface area contributed by atoms with Crippen LogP contribution in [-0.4, -0.2) is 48.8 Å². The fraction of sp³-hybridized carbons (Fsp3) is 0.360. The normalized spacial score (nSPS) is 15.2. The predicted molar refractivity (Wildman–Crippen MR) is 121 cm³/mol. The Kier molecular flexibility index (Phi) is 7.36. The van der Waals surface area contributed by atoms with Crippen LogP contribution in [0.2, 0.25) is 0 Å². The highest BCUT2D eigenvalue weighted by atomic mass is 19.1. The molecule has 1 amide bonds. The van der Waals surface area contributed by atoms with Crippen molar-refractivity contribution in [1.82, 2.24) is 15.4 Å². The highest BCUT2D eigenvalue weighted by Gasteiger charge is 2.23. The summed E-state index contributed by atoms with van der Waals surface area (Å²) in [7, 11) is 0. The summed E-state index contributed by atoms with van der Waals surface area (Å²) >= 11 is 0. The second-order valence-electron chi connectivity index (χ2n) is 8.04. The Morgan fingerprint density at radius 1 is 1.18 bits per heavy atom. The maximum atomic E-state index is 13.4. The van der Waals surface area contributed by atoms with Gasteiger partial charge in [0, 0.05) is 25.2 Å². The van der Waals surface area contributed by atoms with E-state index >= 15 is 0 Å². The van der Waals surface area contributed by atoms with Crippen molar-refractivity contribution in [2.75, 3.05) is 32.8 Å². The van der Waals surface area contributed by atoms with E-state index in [1.54, 1.807) is 30.3 Å². The number of hydrogen-bond acceptors (Lipinski definition) is 6. The first-order valence-corrected chi connectivity index (χ1v) is 11.0. The minimum atomic E-state index is -0.281. The summed E-state index contributed by atoms with van der Waals surface area (Å²) in [4.78, 5) is 15.2. The van der Waals surface area contributed by atoms with Gasteiger partial charge in [-0.15, -0.1) is 0 Å². The van der Waals surface area contributed by atoms with Crippen molar-refractivity contribution in [3.63, 3.8) is 0 Å². The smallest absolute Gasteiger partial charge is 0.251 e. The van der Waals surface area contributed by atoms with Crippen molar-refractivity contribution in [2.45, 2.75) is 26.5 Å². The Bertz CT molecular complexity index is 1060. The molecule has 0 aliphatic carbocycles. The number of carbonyl (C=O) groups excluding carboxylic acids is 1. The van der Waals surface area contributed by atoms with Gasteiger partial charge in [0.1, 0.15) is 23.9 Å². The fourth-order valence-electron chi connectivity index (χ4n) is 3.91. The van der Waals surface area contributed by atoms with Gasteiger partial charge in [-0.2, -0.15) is 0 Å². The van der Waals surface area contributed by atoms with E-state index in [0.29, 0.717) is 37.7 Å². The molecule has 33 heavy (non-hydrogen) atoms. The Morgan fingerprint density at radius 3 is 2.64 bits per heavy atom. The molecule has 1 atom stereocenters. The molecular weight excluding hydrogens is 425 g/mol. The van der Waals surface area contributed by atoms with Crippen molar-refractivity contribution in [1.29, 1.82) is 0 Å². The minimum Gasteiger partial charge on any atom is -0.489 e. The minimum absolute atomic E-state index is 0.0718. The standard InChI is InChI=1S/C25H28FN3O4/c1-17-23(18(2)33-28-17)16-32-22-5-3-4-20(14-22)25(30)27-15-24(29-10-12-31-13-11-29)19-6-8-21(26)9-7-19/h3-9,14,24H,10-13,15-16H2,1-2H3,(H,27,30). The number of morpholine rings is 1. The lowest BCUT2D eigenvalue weighted by Crippen LogP contribution is -2.43. The van der Waals surface area contributed by atoms with Crippen molar-refractivity contribution >= 4 is 5.91 Å². The van der Waals surface area contributed by atoms with Gasteiger partial charge in [0.05, 0.1) is 30.5 Å². The quantitative estimate of drug-likeness (QED) is 0.559. The molecule has 8 heteroatoms. The van der Waals surface area contributed by atoms with Crippen LogP contribution in [0, 0.1) is 19.7 Å². The van der Waals surface area contributed by atoms with Gasteiger partial charge in [-0.25, -0.2) is 4.39 Å². The summed E-state index contributed by atoms with van der Waals surface area (Å²) in [5.74, 6) is 0.831. The summed E-state index contributed by atoms with van der Waals surface area (Å²) in [5.41, 5.74) is 3.15. The van der Waals surface area contributed by atoms with Crippen molar-refractivity contribution in [3.05, 3.63) is 82.5 Å². The number of nitrogens with zero attached hydrogens (tertiary/aromatic N) is 2. The van der Waals surface area contributed by atoms with Crippen LogP contribution in [0.4, 0.5) is 4.39 Å². The first kappa shape index (κ1) is 22.9. The maximum absolute atomic E-state index is 13.4. The number of hydrogen-bond donors (Lipinski definition) is 1. The van der Waals surface area contributed by atoms with Crippen LogP contribution in [0.15, 0.2) is 53.1 Å². The molecular formula is C25H28FN3O4. The first-order chi connectivity index (χ1) is 16.0. The number of ether oxygens (including phenoxy) is 2. The van der Waals surface area contributed by atoms with Gasteiger partial charge >= 0.3 is 0 Å². The van der Waals surface area contributed by atoms with Gasteiger partial charge in [0.25, 0.3) is 5.91 Å². The third-order valence-corrected chi connectivity index (χ3v) is 5.86. The Labute approximate surface area is 192 Å². The van der Waals surface area contributed by atoms with E-state index in [1.165, 1.54) is 12.1 Å². The largest absolute Gasteiger partial charge is 0.489 e. The number of aryl methyl sites for hydroxylation is 2. The van der Waals surface area contributed by atoms with E-state index in [2.05, 4.69) is 15.4 Å². The van der Waals surface area contributed by atoms with Crippen LogP contribution in [-0.2, 0) is 11.3 Å². The molecule has 1 unspecified atom stereocenters. The molecule has 0 spiro atoms. The Hall–Kier alpha value is -3.23. The molecule has 4 rings (SSSR count). The average Bonchev–Trinajstić information content (AvgIpc) is 3.16. The molecule has 1 fully saturated rings. The van der Waals surface area contributed by atoms with Crippen LogP contribution in [0.25, 0.3) is 0 Å². The third-order valence-electron chi connectivity index (χ3n) is 5.86. The lowest BCUT2D eigenvalue weighted by molar-refractivity contribution is 0.0162. The van der Waals surface area contributed by atoms with E-state index in [0.717, 1.165) is 35.7 Å². The van der Waals surface area contributed by atoms with Gasteiger partial charge in [-0.1, -0.05) is 23.4 Å². The number of benzene rings is 2. The molecule has 1 saturated heterocycles. The number of amides is 1. The lowest BCUT2D eigenvalue weighted by Gasteiger charge is -2.35. The summed E-state index contributed by atoms with van der Waals surface area (Å²) < 4.78 is 29.9. The summed E-state index contributed by atoms with van der Waals surface area (Å²) in [5, 5.41) is 6.96. The zero-order chi connectivity index (χ0) is 23.2. The van der Waals surface area contributed by atoms with E-state index in [1.807, 2.05) is 19.9 Å². The van der Waals surface area contributed by atoms with Crippen molar-refractivity contribution in [2.24, 2.45) is 0 Å². The maximum Gasteiger partial charge on any atom is 0.251 e. The summed E-state index contributed by atoms with van der Waals surface area (Å²) in [6.07, 6.45) is 0. The Balaban J connectivity index is 1.41. The van der Waals surface area contributed by atoms with Gasteiger partial charge in [-0.05, 0) is 49.7 Å². The number of aromatic nitrogens is 1. The van der Waals surface area contributed by atoms with Crippen LogP contribution in [0.3, 0.4) is 0 Å².